The van der Waals surface area contributed by atoms with E-state index in [1.165, 1.54) is 6.07 Å². The average molecular weight is 203 g/mol. The summed E-state index contributed by atoms with van der Waals surface area (Å²) < 4.78 is 13.7. The molecule has 78 valence electrons. The van der Waals surface area contributed by atoms with Crippen molar-refractivity contribution in [1.29, 1.82) is 0 Å². The van der Waals surface area contributed by atoms with Crippen molar-refractivity contribution in [1.82, 2.24) is 4.98 Å². The van der Waals surface area contributed by atoms with Crippen molar-refractivity contribution in [2.45, 2.75) is 26.7 Å². The van der Waals surface area contributed by atoms with Gasteiger partial charge in [0.25, 0.3) is 0 Å². The van der Waals surface area contributed by atoms with E-state index >= 15 is 0 Å². The Bertz CT molecular complexity index is 495. The normalized spacial score (nSPS) is 11.3. The summed E-state index contributed by atoms with van der Waals surface area (Å²) in [7, 11) is 0. The lowest BCUT2D eigenvalue weighted by Gasteiger charge is -2.10. The Morgan fingerprint density at radius 3 is 2.60 bits per heavy atom. The Morgan fingerprint density at radius 2 is 1.93 bits per heavy atom. The zero-order chi connectivity index (χ0) is 11.0. The minimum atomic E-state index is -0.181. The van der Waals surface area contributed by atoms with E-state index in [1.54, 1.807) is 6.20 Å². The van der Waals surface area contributed by atoms with Gasteiger partial charge in [0, 0.05) is 11.6 Å². The molecule has 0 atom stereocenters. The van der Waals surface area contributed by atoms with Gasteiger partial charge in [-0.25, -0.2) is 4.39 Å². The summed E-state index contributed by atoms with van der Waals surface area (Å²) >= 11 is 0. The van der Waals surface area contributed by atoms with Crippen LogP contribution in [0.5, 0.6) is 0 Å². The van der Waals surface area contributed by atoms with Gasteiger partial charge >= 0.3 is 0 Å². The largest absolute Gasteiger partial charge is 0.256 e. The number of benzene rings is 1. The van der Waals surface area contributed by atoms with Gasteiger partial charge in [0.15, 0.2) is 0 Å². The zero-order valence-corrected chi connectivity index (χ0v) is 9.21. The van der Waals surface area contributed by atoms with Crippen molar-refractivity contribution in [2.24, 2.45) is 0 Å². The van der Waals surface area contributed by atoms with Crippen molar-refractivity contribution >= 4 is 10.9 Å². The molecule has 2 heteroatoms. The molecule has 0 saturated carbocycles. The Balaban J connectivity index is 2.89. The maximum atomic E-state index is 13.7. The highest BCUT2D eigenvalue weighted by atomic mass is 19.1. The molecular weight excluding hydrogens is 189 g/mol. The van der Waals surface area contributed by atoms with Crippen LogP contribution in [0.15, 0.2) is 24.4 Å². The summed E-state index contributed by atoms with van der Waals surface area (Å²) in [6.45, 7) is 6.10. The molecule has 0 fully saturated rings. The molecule has 0 saturated heterocycles. The molecule has 1 aromatic carbocycles. The fraction of sp³-hybridized carbons (Fsp3) is 0.308. The van der Waals surface area contributed by atoms with Gasteiger partial charge in [-0.15, -0.1) is 0 Å². The van der Waals surface area contributed by atoms with E-state index in [-0.39, 0.29) is 5.82 Å². The Labute approximate surface area is 89.0 Å². The Morgan fingerprint density at radius 1 is 1.20 bits per heavy atom. The summed E-state index contributed by atoms with van der Waals surface area (Å²) in [4.78, 5) is 4.28. The molecule has 1 heterocycles. The van der Waals surface area contributed by atoms with Crippen LogP contribution >= 0.6 is 0 Å². The molecule has 0 radical (unpaired) electrons. The van der Waals surface area contributed by atoms with Crippen LogP contribution in [0.1, 0.15) is 30.9 Å². The molecule has 0 amide bonds. The molecule has 0 spiro atoms. The third-order valence-electron chi connectivity index (χ3n) is 2.70. The predicted molar refractivity (Wildman–Crippen MR) is 60.5 cm³/mol. The van der Waals surface area contributed by atoms with Crippen molar-refractivity contribution in [3.8, 4) is 0 Å². The average Bonchev–Trinajstić information content (AvgIpc) is 2.17. The summed E-state index contributed by atoms with van der Waals surface area (Å²) in [5.41, 5.74) is 2.85. The number of fused-ring (bicyclic) bond motifs is 1. The monoisotopic (exact) mass is 203 g/mol. The van der Waals surface area contributed by atoms with Gasteiger partial charge in [-0.05, 0) is 36.1 Å². The smallest absolute Gasteiger partial charge is 0.132 e. The highest BCUT2D eigenvalue weighted by Crippen LogP contribution is 2.27. The van der Waals surface area contributed by atoms with Gasteiger partial charge < -0.3 is 0 Å². The molecule has 15 heavy (non-hydrogen) atoms. The lowest BCUT2D eigenvalue weighted by molar-refractivity contribution is 0.638. The maximum absolute atomic E-state index is 13.7. The first-order chi connectivity index (χ1) is 7.11. The van der Waals surface area contributed by atoms with E-state index in [1.807, 2.05) is 19.1 Å². The molecule has 0 aliphatic rings. The second-order valence-corrected chi connectivity index (χ2v) is 4.14. The van der Waals surface area contributed by atoms with E-state index in [4.69, 9.17) is 0 Å². The van der Waals surface area contributed by atoms with Gasteiger partial charge in [-0.2, -0.15) is 0 Å². The number of aromatic nitrogens is 1. The second-order valence-electron chi connectivity index (χ2n) is 4.14. The zero-order valence-electron chi connectivity index (χ0n) is 9.21. The standard InChI is InChI=1S/C13H14FN/c1-8(2)10-4-5-11(14)12-9(3)6-7-15-13(10)12/h4-8H,1-3H3. The summed E-state index contributed by atoms with van der Waals surface area (Å²) in [5.74, 6) is 0.183. The molecule has 2 aromatic rings. The minimum absolute atomic E-state index is 0.181. The summed E-state index contributed by atoms with van der Waals surface area (Å²) in [6, 6.07) is 5.20. The molecular formula is C13H14FN. The molecule has 0 aliphatic carbocycles. The Kier molecular flexibility index (Phi) is 2.43. The third-order valence-corrected chi connectivity index (χ3v) is 2.70. The van der Waals surface area contributed by atoms with Crippen molar-refractivity contribution in [3.05, 3.63) is 41.3 Å². The first-order valence-electron chi connectivity index (χ1n) is 5.15. The number of hydrogen-bond donors (Lipinski definition) is 0. The van der Waals surface area contributed by atoms with Crippen LogP contribution in [0.3, 0.4) is 0 Å². The van der Waals surface area contributed by atoms with E-state index < -0.39 is 0 Å². The van der Waals surface area contributed by atoms with Crippen LogP contribution in [0, 0.1) is 12.7 Å². The molecule has 1 nitrogen and oxygen atoms in total. The highest BCUT2D eigenvalue weighted by molar-refractivity contribution is 5.85. The molecule has 1 aromatic heterocycles. The van der Waals surface area contributed by atoms with E-state index in [0.717, 1.165) is 16.6 Å². The van der Waals surface area contributed by atoms with Crippen LogP contribution in [0.4, 0.5) is 4.39 Å². The minimum Gasteiger partial charge on any atom is -0.256 e. The van der Waals surface area contributed by atoms with Gasteiger partial charge in [-0.1, -0.05) is 19.9 Å². The summed E-state index contributed by atoms with van der Waals surface area (Å²) in [6.07, 6.45) is 1.74. The topological polar surface area (TPSA) is 12.9 Å². The number of pyridine rings is 1. The first kappa shape index (κ1) is 10.1. The fourth-order valence-corrected chi connectivity index (χ4v) is 1.87. The Hall–Kier alpha value is -1.44. The van der Waals surface area contributed by atoms with E-state index in [0.29, 0.717) is 11.3 Å². The van der Waals surface area contributed by atoms with Gasteiger partial charge in [0.1, 0.15) is 5.82 Å². The van der Waals surface area contributed by atoms with Gasteiger partial charge in [-0.3, -0.25) is 4.98 Å². The van der Waals surface area contributed by atoms with Gasteiger partial charge in [0.2, 0.25) is 0 Å². The van der Waals surface area contributed by atoms with Crippen LogP contribution in [-0.4, -0.2) is 4.98 Å². The van der Waals surface area contributed by atoms with Crippen molar-refractivity contribution < 1.29 is 4.39 Å². The number of rotatable bonds is 1. The summed E-state index contributed by atoms with van der Waals surface area (Å²) in [5, 5.41) is 0.656. The predicted octanol–water partition coefficient (Wildman–Crippen LogP) is 3.81. The molecule has 2 rings (SSSR count). The van der Waals surface area contributed by atoms with Crippen molar-refractivity contribution in [3.63, 3.8) is 0 Å². The molecule has 0 N–H and O–H groups in total. The highest BCUT2D eigenvalue weighted by Gasteiger charge is 2.11. The number of nitrogens with zero attached hydrogens (tertiary/aromatic N) is 1. The number of aryl methyl sites for hydroxylation is 1. The first-order valence-corrected chi connectivity index (χ1v) is 5.15. The number of halogens is 1. The van der Waals surface area contributed by atoms with E-state index in [2.05, 4.69) is 18.8 Å². The quantitative estimate of drug-likeness (QED) is 0.686. The fourth-order valence-electron chi connectivity index (χ4n) is 1.87. The third kappa shape index (κ3) is 1.60. The van der Waals surface area contributed by atoms with Crippen LogP contribution < -0.4 is 0 Å². The van der Waals surface area contributed by atoms with Crippen LogP contribution in [-0.2, 0) is 0 Å². The van der Waals surface area contributed by atoms with E-state index in [9.17, 15) is 4.39 Å². The molecule has 0 bridgehead atoms. The number of hydrogen-bond acceptors (Lipinski definition) is 1. The van der Waals surface area contributed by atoms with Crippen LogP contribution in [0.2, 0.25) is 0 Å². The lowest BCUT2D eigenvalue weighted by atomic mass is 9.98. The molecule has 0 unspecified atom stereocenters. The lowest BCUT2D eigenvalue weighted by Crippen LogP contribution is -1.95. The van der Waals surface area contributed by atoms with Crippen molar-refractivity contribution in [2.75, 3.05) is 0 Å². The van der Waals surface area contributed by atoms with Crippen LogP contribution in [0.25, 0.3) is 10.9 Å². The maximum Gasteiger partial charge on any atom is 0.132 e. The molecule has 0 aliphatic heterocycles. The second kappa shape index (κ2) is 3.61. The SMILES string of the molecule is Cc1ccnc2c(C(C)C)ccc(F)c12. The van der Waals surface area contributed by atoms with Gasteiger partial charge in [0.05, 0.1) is 5.52 Å².